The molecule has 78 valence electrons. The molecule has 2 nitrogen and oxygen atoms in total. The van der Waals surface area contributed by atoms with Crippen molar-refractivity contribution in [3.05, 3.63) is 48.8 Å². The minimum absolute atomic E-state index is 0. The van der Waals surface area contributed by atoms with Crippen LogP contribution in [0.4, 0.5) is 0 Å². The van der Waals surface area contributed by atoms with Crippen LogP contribution >= 0.6 is 31.5 Å². The van der Waals surface area contributed by atoms with E-state index < -0.39 is 0 Å². The van der Waals surface area contributed by atoms with Gasteiger partial charge in [0.2, 0.25) is 0 Å². The van der Waals surface area contributed by atoms with E-state index >= 15 is 0 Å². The van der Waals surface area contributed by atoms with E-state index in [-0.39, 0.29) is 9.90 Å². The van der Waals surface area contributed by atoms with E-state index in [2.05, 4.69) is 9.97 Å². The maximum Gasteiger partial charge on any atom is 0.107 e. The predicted molar refractivity (Wildman–Crippen MR) is 71.3 cm³/mol. The molecule has 0 spiro atoms. The smallest absolute Gasteiger partial charge is 0.107 e. The Balaban J connectivity index is 0.00000112. The van der Waals surface area contributed by atoms with Gasteiger partial charge in [-0.25, -0.2) is 9.97 Å². The Kier molecular flexibility index (Phi) is 5.69. The standard InChI is InChI=1S/C10H8N2S2.H3P/c1-3-7-11-9(5-1)13-14-10-6-2-4-8-12-10;/h1-8H;1H3. The zero-order valence-corrected chi connectivity index (χ0v) is 11.1. The van der Waals surface area contributed by atoms with Crippen LogP contribution in [0.1, 0.15) is 0 Å². The van der Waals surface area contributed by atoms with Crippen LogP contribution in [0.25, 0.3) is 0 Å². The van der Waals surface area contributed by atoms with Gasteiger partial charge < -0.3 is 0 Å². The van der Waals surface area contributed by atoms with E-state index in [1.807, 2.05) is 36.4 Å². The molecule has 0 saturated carbocycles. The highest BCUT2D eigenvalue weighted by molar-refractivity contribution is 8.76. The van der Waals surface area contributed by atoms with Crippen molar-refractivity contribution in [2.45, 2.75) is 10.1 Å². The largest absolute Gasteiger partial charge is 0.249 e. The molecule has 0 N–H and O–H groups in total. The van der Waals surface area contributed by atoms with Gasteiger partial charge in [-0.2, -0.15) is 9.90 Å². The van der Waals surface area contributed by atoms with Crippen LogP contribution < -0.4 is 0 Å². The molecular formula is C10H11N2PS2. The van der Waals surface area contributed by atoms with Gasteiger partial charge in [0.15, 0.2) is 0 Å². The van der Waals surface area contributed by atoms with Crippen molar-refractivity contribution >= 4 is 31.5 Å². The molecule has 0 radical (unpaired) electrons. The van der Waals surface area contributed by atoms with Gasteiger partial charge in [-0.3, -0.25) is 0 Å². The summed E-state index contributed by atoms with van der Waals surface area (Å²) in [5.41, 5.74) is 0. The Hall–Kier alpha value is -0.570. The quantitative estimate of drug-likeness (QED) is 0.620. The highest BCUT2D eigenvalue weighted by Crippen LogP contribution is 2.34. The monoisotopic (exact) mass is 254 g/mol. The Bertz CT molecular complexity index is 344. The molecule has 0 amide bonds. The second-order valence-corrected chi connectivity index (χ2v) is 4.67. The molecule has 15 heavy (non-hydrogen) atoms. The minimum atomic E-state index is 0. The number of hydrogen-bond donors (Lipinski definition) is 0. The van der Waals surface area contributed by atoms with Crippen molar-refractivity contribution < 1.29 is 0 Å². The van der Waals surface area contributed by atoms with Crippen LogP contribution in [0.3, 0.4) is 0 Å². The fourth-order valence-electron chi connectivity index (χ4n) is 0.878. The molecule has 1 atom stereocenters. The average molecular weight is 254 g/mol. The van der Waals surface area contributed by atoms with Crippen molar-refractivity contribution in [1.82, 2.24) is 9.97 Å². The van der Waals surface area contributed by atoms with E-state index in [4.69, 9.17) is 0 Å². The zero-order chi connectivity index (χ0) is 9.64. The van der Waals surface area contributed by atoms with Crippen molar-refractivity contribution in [2.24, 2.45) is 0 Å². The SMILES string of the molecule is P.c1ccc(SSc2ccccn2)nc1. The number of rotatable bonds is 3. The van der Waals surface area contributed by atoms with Gasteiger partial charge in [-0.05, 0) is 45.9 Å². The van der Waals surface area contributed by atoms with Gasteiger partial charge >= 0.3 is 0 Å². The molecule has 2 rings (SSSR count). The molecule has 0 fully saturated rings. The van der Waals surface area contributed by atoms with Crippen LogP contribution in [-0.4, -0.2) is 9.97 Å². The first-order chi connectivity index (χ1) is 6.95. The second-order valence-electron chi connectivity index (χ2n) is 2.50. The zero-order valence-electron chi connectivity index (χ0n) is 8.04. The predicted octanol–water partition coefficient (Wildman–Crippen LogP) is 3.33. The molecule has 0 aliphatic rings. The summed E-state index contributed by atoms with van der Waals surface area (Å²) in [6.07, 6.45) is 3.59. The first-order valence-electron chi connectivity index (χ1n) is 4.12. The van der Waals surface area contributed by atoms with Gasteiger partial charge in [0.25, 0.3) is 0 Å². The van der Waals surface area contributed by atoms with Gasteiger partial charge in [0.05, 0.1) is 0 Å². The molecule has 0 aliphatic carbocycles. The Labute approximate surface area is 100 Å². The van der Waals surface area contributed by atoms with Crippen LogP contribution in [0.2, 0.25) is 0 Å². The molecular weight excluding hydrogens is 243 g/mol. The van der Waals surface area contributed by atoms with Crippen molar-refractivity contribution in [2.75, 3.05) is 0 Å². The van der Waals surface area contributed by atoms with Crippen molar-refractivity contribution in [3.63, 3.8) is 0 Å². The first-order valence-corrected chi connectivity index (χ1v) is 6.27. The molecule has 1 unspecified atom stereocenters. The molecule has 2 aromatic heterocycles. The third-order valence-corrected chi connectivity index (χ3v) is 3.67. The van der Waals surface area contributed by atoms with Gasteiger partial charge in [0, 0.05) is 12.4 Å². The average Bonchev–Trinajstić information content (AvgIpc) is 2.29. The Morgan fingerprint density at radius 3 is 1.53 bits per heavy atom. The summed E-state index contributed by atoms with van der Waals surface area (Å²) in [4.78, 5) is 8.42. The van der Waals surface area contributed by atoms with Crippen LogP contribution in [0.15, 0.2) is 58.8 Å². The molecule has 2 aromatic rings. The summed E-state index contributed by atoms with van der Waals surface area (Å²) in [6, 6.07) is 11.8. The van der Waals surface area contributed by atoms with Crippen LogP contribution in [0.5, 0.6) is 0 Å². The van der Waals surface area contributed by atoms with E-state index in [9.17, 15) is 0 Å². The number of pyridine rings is 2. The fraction of sp³-hybridized carbons (Fsp3) is 0. The molecule has 0 bridgehead atoms. The summed E-state index contributed by atoms with van der Waals surface area (Å²) >= 11 is 0. The summed E-state index contributed by atoms with van der Waals surface area (Å²) in [6.45, 7) is 0. The highest BCUT2D eigenvalue weighted by Gasteiger charge is 1.97. The first kappa shape index (κ1) is 12.5. The number of aromatic nitrogens is 2. The second kappa shape index (κ2) is 6.83. The lowest BCUT2D eigenvalue weighted by Gasteiger charge is -1.97. The molecule has 0 aromatic carbocycles. The van der Waals surface area contributed by atoms with Crippen LogP contribution in [-0.2, 0) is 0 Å². The molecule has 2 heterocycles. The summed E-state index contributed by atoms with van der Waals surface area (Å²) in [7, 11) is 3.23. The fourth-order valence-corrected chi connectivity index (χ4v) is 2.63. The van der Waals surface area contributed by atoms with E-state index in [1.54, 1.807) is 34.0 Å². The van der Waals surface area contributed by atoms with E-state index in [0.29, 0.717) is 0 Å². The van der Waals surface area contributed by atoms with E-state index in [0.717, 1.165) is 10.1 Å². The molecule has 0 saturated heterocycles. The minimum Gasteiger partial charge on any atom is -0.249 e. The number of hydrogen-bond acceptors (Lipinski definition) is 4. The molecule has 0 aliphatic heterocycles. The lowest BCUT2D eigenvalue weighted by atomic mass is 10.5. The Morgan fingerprint density at radius 1 is 0.733 bits per heavy atom. The molecule has 5 heteroatoms. The lowest BCUT2D eigenvalue weighted by molar-refractivity contribution is 1.13. The third kappa shape index (κ3) is 4.20. The third-order valence-electron chi connectivity index (χ3n) is 1.49. The van der Waals surface area contributed by atoms with Crippen molar-refractivity contribution in [3.8, 4) is 0 Å². The maximum absolute atomic E-state index is 4.21. The summed E-state index contributed by atoms with van der Waals surface area (Å²) in [5.74, 6) is 0. The summed E-state index contributed by atoms with van der Waals surface area (Å²) < 4.78 is 0. The van der Waals surface area contributed by atoms with Gasteiger partial charge in [-0.1, -0.05) is 12.1 Å². The topological polar surface area (TPSA) is 25.8 Å². The summed E-state index contributed by atoms with van der Waals surface area (Å²) in [5, 5.41) is 2.01. The highest BCUT2D eigenvalue weighted by atomic mass is 33.1. The van der Waals surface area contributed by atoms with Crippen LogP contribution in [0, 0.1) is 0 Å². The number of nitrogens with zero attached hydrogens (tertiary/aromatic N) is 2. The van der Waals surface area contributed by atoms with Crippen molar-refractivity contribution in [1.29, 1.82) is 0 Å². The van der Waals surface area contributed by atoms with Gasteiger partial charge in [0.1, 0.15) is 10.1 Å². The maximum atomic E-state index is 4.21. The Morgan fingerprint density at radius 2 is 1.20 bits per heavy atom. The lowest BCUT2D eigenvalue weighted by Crippen LogP contribution is -1.75. The van der Waals surface area contributed by atoms with E-state index in [1.165, 1.54) is 0 Å². The van der Waals surface area contributed by atoms with Gasteiger partial charge in [-0.15, -0.1) is 0 Å². The normalized spacial score (nSPS) is 9.33.